The van der Waals surface area contributed by atoms with Crippen LogP contribution in [0.15, 0.2) is 0 Å². The molecule has 88 valence electrons. The fourth-order valence-electron chi connectivity index (χ4n) is 1.96. The second kappa shape index (κ2) is 4.87. The lowest BCUT2D eigenvalue weighted by Gasteiger charge is -2.30. The summed E-state index contributed by atoms with van der Waals surface area (Å²) in [5.41, 5.74) is 0. The van der Waals surface area contributed by atoms with Gasteiger partial charge in [0.1, 0.15) is 0 Å². The van der Waals surface area contributed by atoms with Crippen molar-refractivity contribution in [1.82, 2.24) is 0 Å². The molecule has 7 heteroatoms. The number of rotatable bonds is 3. The van der Waals surface area contributed by atoms with Crippen LogP contribution in [0.2, 0.25) is 0 Å². The van der Waals surface area contributed by atoms with Gasteiger partial charge in [0, 0.05) is 12.8 Å². The number of methoxy groups -OCH3 is 1. The van der Waals surface area contributed by atoms with Gasteiger partial charge in [-0.1, -0.05) is 0 Å². The SMILES string of the molecule is COC(=O)C1CC[NH+](C[B-](F)(F)F)CC1. The minimum absolute atomic E-state index is 0.209. The summed E-state index contributed by atoms with van der Waals surface area (Å²) in [4.78, 5) is 11.6. The third-order valence-electron chi connectivity index (χ3n) is 2.75. The molecule has 1 saturated heterocycles. The summed E-state index contributed by atoms with van der Waals surface area (Å²) in [6.45, 7) is -3.91. The van der Waals surface area contributed by atoms with Crippen LogP contribution < -0.4 is 4.90 Å². The molecule has 0 amide bonds. The van der Waals surface area contributed by atoms with E-state index in [0.717, 1.165) is 0 Å². The maximum absolute atomic E-state index is 12.1. The number of likely N-dealkylation sites (tertiary alicyclic amines) is 1. The molecule has 15 heavy (non-hydrogen) atoms. The Bertz CT molecular complexity index is 226. The number of quaternary nitrogens is 1. The second-order valence-electron chi connectivity index (χ2n) is 3.96. The Labute approximate surface area is 86.6 Å². The summed E-state index contributed by atoms with van der Waals surface area (Å²) in [5, 5.41) is 0. The zero-order valence-corrected chi connectivity index (χ0v) is 8.64. The second-order valence-corrected chi connectivity index (χ2v) is 3.96. The number of ether oxygens (including phenoxy) is 1. The summed E-state index contributed by atoms with van der Waals surface area (Å²) >= 11 is 0. The molecule has 0 aromatic rings. The third kappa shape index (κ3) is 4.11. The Kier molecular flexibility index (Phi) is 4.01. The molecule has 1 rings (SSSR count). The first-order valence-corrected chi connectivity index (χ1v) is 5.05. The highest BCUT2D eigenvalue weighted by molar-refractivity contribution is 6.58. The van der Waals surface area contributed by atoms with Crippen LogP contribution >= 0.6 is 0 Å². The molecule has 1 N–H and O–H groups in total. The van der Waals surface area contributed by atoms with Crippen LogP contribution in [-0.2, 0) is 9.53 Å². The third-order valence-corrected chi connectivity index (χ3v) is 2.75. The highest BCUT2D eigenvalue weighted by atomic mass is 19.4. The molecule has 0 aromatic carbocycles. The van der Waals surface area contributed by atoms with E-state index < -0.39 is 13.4 Å². The van der Waals surface area contributed by atoms with Gasteiger partial charge in [0.15, 0.2) is 0 Å². The van der Waals surface area contributed by atoms with Crippen molar-refractivity contribution in [3.05, 3.63) is 0 Å². The Morgan fingerprint density at radius 1 is 1.40 bits per heavy atom. The van der Waals surface area contributed by atoms with Crippen molar-refractivity contribution in [2.24, 2.45) is 5.92 Å². The monoisotopic (exact) mass is 225 g/mol. The summed E-state index contributed by atoms with van der Waals surface area (Å²) < 4.78 is 40.9. The van der Waals surface area contributed by atoms with Gasteiger partial charge in [-0.2, -0.15) is 0 Å². The molecule has 0 saturated carbocycles. The van der Waals surface area contributed by atoms with E-state index in [1.54, 1.807) is 0 Å². The maximum atomic E-state index is 12.1. The minimum atomic E-state index is -4.72. The summed E-state index contributed by atoms with van der Waals surface area (Å²) in [6.07, 6.45) is 0.246. The largest absolute Gasteiger partial charge is 0.531 e. The Morgan fingerprint density at radius 2 is 1.93 bits per heavy atom. The molecule has 0 aliphatic carbocycles. The smallest absolute Gasteiger partial charge is 0.469 e. The van der Waals surface area contributed by atoms with Gasteiger partial charge in [0.25, 0.3) is 0 Å². The quantitative estimate of drug-likeness (QED) is 0.534. The molecular weight excluding hydrogens is 210 g/mol. The molecule has 0 spiro atoms. The van der Waals surface area contributed by atoms with Gasteiger partial charge >= 0.3 is 12.9 Å². The predicted octanol–water partition coefficient (Wildman–Crippen LogP) is -0.159. The van der Waals surface area contributed by atoms with Crippen LogP contribution in [-0.4, -0.2) is 39.6 Å². The van der Waals surface area contributed by atoms with E-state index in [2.05, 4.69) is 4.74 Å². The van der Waals surface area contributed by atoms with Crippen LogP contribution in [0.5, 0.6) is 0 Å². The van der Waals surface area contributed by atoms with Crippen molar-refractivity contribution < 1.29 is 27.4 Å². The minimum Gasteiger partial charge on any atom is -0.469 e. The molecule has 0 unspecified atom stereocenters. The van der Waals surface area contributed by atoms with E-state index in [4.69, 9.17) is 0 Å². The Morgan fingerprint density at radius 3 is 2.33 bits per heavy atom. The summed E-state index contributed by atoms with van der Waals surface area (Å²) in [5.74, 6) is -0.508. The lowest BCUT2D eigenvalue weighted by Crippen LogP contribution is -3.15. The zero-order chi connectivity index (χ0) is 11.5. The number of nitrogens with one attached hydrogen (secondary N) is 1. The van der Waals surface area contributed by atoms with Crippen LogP contribution in [0.1, 0.15) is 12.8 Å². The number of esters is 1. The molecule has 0 aromatic heterocycles. The van der Waals surface area contributed by atoms with Crippen molar-refractivity contribution in [3.63, 3.8) is 0 Å². The van der Waals surface area contributed by atoms with Gasteiger partial charge in [-0.15, -0.1) is 0 Å². The van der Waals surface area contributed by atoms with Crippen LogP contribution in [0.25, 0.3) is 0 Å². The van der Waals surface area contributed by atoms with Crippen LogP contribution in [0, 0.1) is 5.92 Å². The standard InChI is InChI=1S/C8H14BF3NO2/c1-15-8(14)7-2-4-13(5-3-7)6-9(10,11)12/h7H,2-6H2,1H3/q-1/p+1. The normalized spacial score (nSPS) is 27.5. The van der Waals surface area contributed by atoms with Gasteiger partial charge in [0.05, 0.1) is 32.6 Å². The molecule has 3 nitrogen and oxygen atoms in total. The van der Waals surface area contributed by atoms with Gasteiger partial charge < -0.3 is 22.6 Å². The van der Waals surface area contributed by atoms with E-state index in [1.807, 2.05) is 0 Å². The Hall–Kier alpha value is -0.715. The fraction of sp³-hybridized carbons (Fsp3) is 0.875. The van der Waals surface area contributed by atoms with Crippen LogP contribution in [0.4, 0.5) is 12.9 Å². The van der Waals surface area contributed by atoms with E-state index in [1.165, 1.54) is 7.11 Å². The van der Waals surface area contributed by atoms with Crippen molar-refractivity contribution in [2.75, 3.05) is 26.6 Å². The number of hydrogen-bond acceptors (Lipinski definition) is 2. The van der Waals surface area contributed by atoms with E-state index in [9.17, 15) is 17.7 Å². The van der Waals surface area contributed by atoms with Crippen molar-refractivity contribution in [2.45, 2.75) is 12.8 Å². The van der Waals surface area contributed by atoms with Gasteiger partial charge in [-0.05, 0) is 0 Å². The highest BCUT2D eigenvalue weighted by Crippen LogP contribution is 2.12. The average molecular weight is 225 g/mol. The van der Waals surface area contributed by atoms with E-state index >= 15 is 0 Å². The zero-order valence-electron chi connectivity index (χ0n) is 8.64. The number of hydrogen-bond donors (Lipinski definition) is 1. The van der Waals surface area contributed by atoms with Crippen LogP contribution in [0.3, 0.4) is 0 Å². The fourth-order valence-corrected chi connectivity index (χ4v) is 1.96. The topological polar surface area (TPSA) is 30.7 Å². The number of halogens is 3. The lowest BCUT2D eigenvalue weighted by atomic mass is 9.88. The molecule has 0 bridgehead atoms. The van der Waals surface area contributed by atoms with Crippen molar-refractivity contribution in [3.8, 4) is 0 Å². The van der Waals surface area contributed by atoms with E-state index in [0.29, 0.717) is 30.8 Å². The van der Waals surface area contributed by atoms with Crippen molar-refractivity contribution in [1.29, 1.82) is 0 Å². The predicted molar refractivity (Wildman–Crippen MR) is 49.4 cm³/mol. The average Bonchev–Trinajstić information content (AvgIpc) is 2.15. The maximum Gasteiger partial charge on any atom is 0.531 e. The molecule has 1 aliphatic rings. The number of carbonyl (C=O) groups is 1. The Balaban J connectivity index is 2.33. The molecule has 1 fully saturated rings. The number of carbonyl (C=O) groups excluding carboxylic acids is 1. The molecule has 0 radical (unpaired) electrons. The first kappa shape index (κ1) is 12.4. The van der Waals surface area contributed by atoms with E-state index in [-0.39, 0.29) is 11.9 Å². The van der Waals surface area contributed by atoms with Gasteiger partial charge in [0.2, 0.25) is 0 Å². The number of piperidine rings is 1. The highest BCUT2D eigenvalue weighted by Gasteiger charge is 2.34. The summed E-state index contributed by atoms with van der Waals surface area (Å²) in [7, 11) is 1.31. The molecule has 1 heterocycles. The van der Waals surface area contributed by atoms with Crippen molar-refractivity contribution >= 4 is 12.9 Å². The summed E-state index contributed by atoms with van der Waals surface area (Å²) in [6, 6.07) is 0. The lowest BCUT2D eigenvalue weighted by molar-refractivity contribution is -0.897. The first-order chi connectivity index (χ1) is 6.92. The molecular formula is C8H15BF3NO2. The van der Waals surface area contributed by atoms with Gasteiger partial charge in [-0.25, -0.2) is 0 Å². The molecule has 0 atom stereocenters. The molecule has 1 aliphatic heterocycles. The first-order valence-electron chi connectivity index (χ1n) is 5.05. The van der Waals surface area contributed by atoms with Gasteiger partial charge in [-0.3, -0.25) is 4.79 Å².